The predicted molar refractivity (Wildman–Crippen MR) is 119 cm³/mol. The van der Waals surface area contributed by atoms with Crippen LogP contribution in [0.4, 0.5) is 0 Å². The van der Waals surface area contributed by atoms with Crippen molar-refractivity contribution in [2.45, 2.75) is 64.6 Å². The van der Waals surface area contributed by atoms with Gasteiger partial charge in [-0.25, -0.2) is 0 Å². The van der Waals surface area contributed by atoms with E-state index in [1.807, 2.05) is 0 Å². The fourth-order valence-electron chi connectivity index (χ4n) is 4.88. The Morgan fingerprint density at radius 2 is 1.26 bits per heavy atom. The molecule has 144 valence electrons. The summed E-state index contributed by atoms with van der Waals surface area (Å²) in [4.78, 5) is 0. The number of rotatable bonds is 7. The first-order chi connectivity index (χ1) is 13.1. The molecule has 0 saturated carbocycles. The topological polar surface area (TPSA) is 9.23 Å². The molecule has 0 saturated heterocycles. The molecule has 2 aromatic rings. The minimum atomic E-state index is -1.68. The third kappa shape index (κ3) is 3.78. The summed E-state index contributed by atoms with van der Waals surface area (Å²) in [5.74, 6) is 2.54. The molecule has 0 aliphatic heterocycles. The average Bonchev–Trinajstić information content (AvgIpc) is 2.97. The molecule has 0 N–H and O–H groups in total. The number of hydrogen-bond donors (Lipinski definition) is 0. The Bertz CT molecular complexity index is 753. The fourth-order valence-corrected chi connectivity index (χ4v) is 7.63. The summed E-state index contributed by atoms with van der Waals surface area (Å²) in [6, 6.07) is 25.6. The van der Waals surface area contributed by atoms with E-state index in [1.54, 1.807) is 0 Å². The summed E-state index contributed by atoms with van der Waals surface area (Å²) < 4.78 is 6.99. The van der Waals surface area contributed by atoms with Crippen molar-refractivity contribution in [1.82, 2.24) is 0 Å². The molecule has 0 bridgehead atoms. The lowest BCUT2D eigenvalue weighted by molar-refractivity contribution is 0.333. The van der Waals surface area contributed by atoms with E-state index in [1.165, 1.54) is 40.6 Å². The Hall–Kier alpha value is -1.80. The maximum absolute atomic E-state index is 6.99. The molecule has 1 nitrogen and oxygen atoms in total. The molecule has 0 fully saturated rings. The first-order valence-electron chi connectivity index (χ1n) is 10.6. The maximum atomic E-state index is 6.99. The zero-order chi connectivity index (χ0) is 19.4. The van der Waals surface area contributed by atoms with Crippen molar-refractivity contribution >= 4 is 8.32 Å². The fraction of sp³-hybridized carbons (Fsp3) is 0.440. The van der Waals surface area contributed by atoms with Crippen molar-refractivity contribution in [2.75, 3.05) is 0 Å². The van der Waals surface area contributed by atoms with Crippen LogP contribution in [-0.2, 0) is 4.43 Å². The molecule has 1 aliphatic carbocycles. The summed E-state index contributed by atoms with van der Waals surface area (Å²) in [6.45, 7) is 11.6. The normalized spacial score (nSPS) is 22.9. The highest BCUT2D eigenvalue weighted by molar-refractivity contribution is 6.73. The Kier molecular flexibility index (Phi) is 6.26. The summed E-state index contributed by atoms with van der Waals surface area (Å²) in [5, 5.41) is 0. The number of hydrogen-bond acceptors (Lipinski definition) is 1. The Morgan fingerprint density at radius 1 is 0.778 bits per heavy atom. The molecule has 0 radical (unpaired) electrons. The second kappa shape index (κ2) is 8.47. The van der Waals surface area contributed by atoms with Crippen LogP contribution in [0.1, 0.15) is 57.6 Å². The van der Waals surface area contributed by atoms with Gasteiger partial charge in [0.1, 0.15) is 0 Å². The first kappa shape index (κ1) is 19.9. The third-order valence-electron chi connectivity index (χ3n) is 6.77. The van der Waals surface area contributed by atoms with Crippen molar-refractivity contribution in [3.05, 3.63) is 83.1 Å². The molecule has 0 aromatic heterocycles. The second-order valence-corrected chi connectivity index (χ2v) is 12.7. The van der Waals surface area contributed by atoms with Gasteiger partial charge in [-0.15, -0.1) is 0 Å². The monoisotopic (exact) mass is 378 g/mol. The van der Waals surface area contributed by atoms with E-state index >= 15 is 0 Å². The van der Waals surface area contributed by atoms with Crippen LogP contribution in [0.25, 0.3) is 0 Å². The minimum Gasteiger partial charge on any atom is -0.546 e. The van der Waals surface area contributed by atoms with E-state index < -0.39 is 8.32 Å². The molecule has 27 heavy (non-hydrogen) atoms. The van der Waals surface area contributed by atoms with Gasteiger partial charge in [0.2, 0.25) is 8.32 Å². The quantitative estimate of drug-likeness (QED) is 0.453. The molecule has 1 aliphatic rings. The van der Waals surface area contributed by atoms with Crippen molar-refractivity contribution < 1.29 is 4.43 Å². The van der Waals surface area contributed by atoms with Gasteiger partial charge >= 0.3 is 0 Å². The van der Waals surface area contributed by atoms with Crippen LogP contribution in [0.5, 0.6) is 0 Å². The van der Waals surface area contributed by atoms with Crippen LogP contribution in [0.15, 0.2) is 72.0 Å². The lowest BCUT2D eigenvalue weighted by Crippen LogP contribution is -2.36. The van der Waals surface area contributed by atoms with Gasteiger partial charge in [0, 0.05) is 17.8 Å². The summed E-state index contributed by atoms with van der Waals surface area (Å²) >= 11 is 0. The van der Waals surface area contributed by atoms with Gasteiger partial charge in [0.05, 0.1) is 5.76 Å². The molecule has 2 heteroatoms. The zero-order valence-electron chi connectivity index (χ0n) is 17.5. The van der Waals surface area contributed by atoms with Gasteiger partial charge in [0.15, 0.2) is 0 Å². The van der Waals surface area contributed by atoms with Gasteiger partial charge in [-0.3, -0.25) is 0 Å². The van der Waals surface area contributed by atoms with Crippen molar-refractivity contribution in [2.24, 2.45) is 5.92 Å². The van der Waals surface area contributed by atoms with Crippen LogP contribution < -0.4 is 0 Å². The van der Waals surface area contributed by atoms with E-state index in [0.29, 0.717) is 17.8 Å². The standard InChI is InChI=1S/C25H34OSi/c1-6-27(7-2,8-3)26-25-19(4)23(21-15-11-9-12-16-21)24(20(25)5)22-17-13-10-14-18-22/h9-19,23-24H,6-8H2,1-5H3/t19-,23+,24+/m0/s1. The molecule has 0 spiro atoms. The van der Waals surface area contributed by atoms with Crippen LogP contribution in [0.2, 0.25) is 18.1 Å². The van der Waals surface area contributed by atoms with Crippen molar-refractivity contribution in [3.63, 3.8) is 0 Å². The molecule has 0 amide bonds. The molecule has 3 atom stereocenters. The zero-order valence-corrected chi connectivity index (χ0v) is 18.5. The maximum Gasteiger partial charge on any atom is 0.250 e. The number of benzene rings is 2. The molecule has 3 rings (SSSR count). The number of allylic oxidation sites excluding steroid dienone is 2. The Balaban J connectivity index is 2.07. The highest BCUT2D eigenvalue weighted by Crippen LogP contribution is 2.53. The summed E-state index contributed by atoms with van der Waals surface area (Å²) in [5.41, 5.74) is 4.27. The SMILES string of the molecule is CC[Si](CC)(CC)OC1=C(C)[C@H](c2ccccc2)[C@@H](c2ccccc2)[C@@H]1C. The van der Waals surface area contributed by atoms with Gasteiger partial charge < -0.3 is 4.43 Å². The largest absolute Gasteiger partial charge is 0.546 e. The van der Waals surface area contributed by atoms with Crippen LogP contribution in [0, 0.1) is 5.92 Å². The molecule has 0 heterocycles. The van der Waals surface area contributed by atoms with E-state index in [2.05, 4.69) is 95.3 Å². The lowest BCUT2D eigenvalue weighted by Gasteiger charge is -2.32. The molecule has 2 aromatic carbocycles. The van der Waals surface area contributed by atoms with E-state index in [9.17, 15) is 0 Å². The lowest BCUT2D eigenvalue weighted by atomic mass is 9.78. The second-order valence-electron chi connectivity index (χ2n) is 8.01. The minimum absolute atomic E-state index is 0.399. The highest BCUT2D eigenvalue weighted by atomic mass is 28.4. The van der Waals surface area contributed by atoms with Crippen LogP contribution in [0.3, 0.4) is 0 Å². The van der Waals surface area contributed by atoms with Crippen molar-refractivity contribution in [3.8, 4) is 0 Å². The third-order valence-corrected chi connectivity index (χ3v) is 11.3. The van der Waals surface area contributed by atoms with E-state index in [-0.39, 0.29) is 0 Å². The van der Waals surface area contributed by atoms with Gasteiger partial charge in [0.25, 0.3) is 0 Å². The Morgan fingerprint density at radius 3 is 1.74 bits per heavy atom. The predicted octanol–water partition coefficient (Wildman–Crippen LogP) is 7.50. The highest BCUT2D eigenvalue weighted by Gasteiger charge is 2.44. The van der Waals surface area contributed by atoms with E-state index in [0.717, 1.165) is 0 Å². The van der Waals surface area contributed by atoms with Crippen LogP contribution in [-0.4, -0.2) is 8.32 Å². The Labute approximate surface area is 166 Å². The summed E-state index contributed by atoms with van der Waals surface area (Å²) in [6.07, 6.45) is 0. The van der Waals surface area contributed by atoms with Gasteiger partial charge in [-0.1, -0.05) is 88.4 Å². The van der Waals surface area contributed by atoms with E-state index in [4.69, 9.17) is 4.43 Å². The van der Waals surface area contributed by atoms with Gasteiger partial charge in [-0.2, -0.15) is 0 Å². The molecule has 0 unspecified atom stereocenters. The summed E-state index contributed by atoms with van der Waals surface area (Å²) in [7, 11) is -1.68. The molecular weight excluding hydrogens is 344 g/mol. The van der Waals surface area contributed by atoms with Crippen molar-refractivity contribution in [1.29, 1.82) is 0 Å². The average molecular weight is 379 g/mol. The van der Waals surface area contributed by atoms with Gasteiger partial charge in [-0.05, 0) is 41.8 Å². The first-order valence-corrected chi connectivity index (χ1v) is 13.1. The van der Waals surface area contributed by atoms with Crippen LogP contribution >= 0.6 is 0 Å². The molecular formula is C25H34OSi. The smallest absolute Gasteiger partial charge is 0.250 e.